The molecule has 1 unspecified atom stereocenters. The Morgan fingerprint density at radius 3 is 2.70 bits per heavy atom. The predicted molar refractivity (Wildman–Crippen MR) is 100 cm³/mol. The lowest BCUT2D eigenvalue weighted by Gasteiger charge is -2.23. The molecule has 0 bridgehead atoms. The first-order valence-corrected chi connectivity index (χ1v) is 8.33. The fourth-order valence-corrected chi connectivity index (χ4v) is 2.94. The van der Waals surface area contributed by atoms with E-state index in [1.165, 1.54) is 7.05 Å². The number of fused-ring (bicyclic) bond motifs is 2. The number of nitrogens with zero attached hydrogens (tertiary/aromatic N) is 2. The highest BCUT2D eigenvalue weighted by Gasteiger charge is 2.24. The van der Waals surface area contributed by atoms with Gasteiger partial charge >= 0.3 is 0 Å². The maximum atomic E-state index is 12.8. The van der Waals surface area contributed by atoms with Gasteiger partial charge in [0, 0.05) is 18.1 Å². The molecular formula is C19H16N4O4. The van der Waals surface area contributed by atoms with Crippen molar-refractivity contribution in [1.29, 1.82) is 0 Å². The minimum atomic E-state index is -0.570. The summed E-state index contributed by atoms with van der Waals surface area (Å²) in [5.74, 6) is -0.180. The van der Waals surface area contributed by atoms with Crippen LogP contribution < -0.4 is 20.9 Å². The van der Waals surface area contributed by atoms with E-state index in [0.29, 0.717) is 27.9 Å². The van der Waals surface area contributed by atoms with Gasteiger partial charge in [-0.1, -0.05) is 18.2 Å². The van der Waals surface area contributed by atoms with E-state index in [-0.39, 0.29) is 17.2 Å². The predicted octanol–water partition coefficient (Wildman–Crippen LogP) is 1.91. The Balaban J connectivity index is 1.69. The van der Waals surface area contributed by atoms with E-state index in [2.05, 4.69) is 15.7 Å². The van der Waals surface area contributed by atoms with Crippen molar-refractivity contribution in [2.24, 2.45) is 7.05 Å². The molecule has 2 heterocycles. The number of amides is 2. The Labute approximate surface area is 153 Å². The molecule has 1 atom stereocenters. The number of benzene rings is 2. The number of carbonyl (C=O) groups is 2. The SMILES string of the molecule is CC1Oc2ccc(NC(=O)c3nn(C)c(=O)c4ccccc34)cc2NC1=O. The summed E-state index contributed by atoms with van der Waals surface area (Å²) >= 11 is 0. The van der Waals surface area contributed by atoms with Crippen molar-refractivity contribution in [3.05, 3.63) is 58.5 Å². The van der Waals surface area contributed by atoms with Crippen LogP contribution in [-0.4, -0.2) is 27.7 Å². The van der Waals surface area contributed by atoms with Crippen molar-refractivity contribution >= 4 is 34.0 Å². The second-order valence-corrected chi connectivity index (χ2v) is 6.24. The van der Waals surface area contributed by atoms with Crippen molar-refractivity contribution in [3.8, 4) is 5.75 Å². The second-order valence-electron chi connectivity index (χ2n) is 6.24. The molecule has 1 aromatic heterocycles. The van der Waals surface area contributed by atoms with Gasteiger partial charge in [-0.25, -0.2) is 4.68 Å². The number of hydrogen-bond donors (Lipinski definition) is 2. The van der Waals surface area contributed by atoms with Gasteiger partial charge in [-0.3, -0.25) is 14.4 Å². The van der Waals surface area contributed by atoms with Gasteiger partial charge in [0.25, 0.3) is 17.4 Å². The van der Waals surface area contributed by atoms with Gasteiger partial charge in [0.15, 0.2) is 11.8 Å². The molecule has 0 spiro atoms. The number of carbonyl (C=O) groups excluding carboxylic acids is 2. The number of anilines is 2. The van der Waals surface area contributed by atoms with Crippen LogP contribution in [0.15, 0.2) is 47.3 Å². The highest BCUT2D eigenvalue weighted by atomic mass is 16.5. The van der Waals surface area contributed by atoms with Crippen LogP contribution in [0.2, 0.25) is 0 Å². The first kappa shape index (κ1) is 16.8. The molecule has 136 valence electrons. The lowest BCUT2D eigenvalue weighted by Crippen LogP contribution is -2.34. The van der Waals surface area contributed by atoms with Crippen LogP contribution >= 0.6 is 0 Å². The van der Waals surface area contributed by atoms with E-state index >= 15 is 0 Å². The maximum Gasteiger partial charge on any atom is 0.276 e. The molecule has 0 radical (unpaired) electrons. The monoisotopic (exact) mass is 364 g/mol. The summed E-state index contributed by atoms with van der Waals surface area (Å²) in [7, 11) is 1.50. The lowest BCUT2D eigenvalue weighted by molar-refractivity contribution is -0.122. The van der Waals surface area contributed by atoms with Gasteiger partial charge in [-0.15, -0.1) is 0 Å². The third-order valence-electron chi connectivity index (χ3n) is 4.34. The molecule has 8 nitrogen and oxygen atoms in total. The van der Waals surface area contributed by atoms with Crippen LogP contribution in [0.1, 0.15) is 17.4 Å². The molecule has 0 saturated carbocycles. The zero-order valence-corrected chi connectivity index (χ0v) is 14.6. The molecule has 0 aliphatic carbocycles. The van der Waals surface area contributed by atoms with Gasteiger partial charge in [0.05, 0.1) is 11.1 Å². The highest BCUT2D eigenvalue weighted by molar-refractivity contribution is 6.11. The summed E-state index contributed by atoms with van der Waals surface area (Å²) in [5, 5.41) is 10.5. The van der Waals surface area contributed by atoms with Gasteiger partial charge in [-0.2, -0.15) is 5.10 Å². The number of aromatic nitrogens is 2. The summed E-state index contributed by atoms with van der Waals surface area (Å²) in [6.45, 7) is 1.66. The molecule has 4 rings (SSSR count). The van der Waals surface area contributed by atoms with E-state index in [4.69, 9.17) is 4.74 Å². The molecule has 1 aliphatic rings. The normalized spacial score (nSPS) is 15.6. The van der Waals surface area contributed by atoms with Gasteiger partial charge in [-0.05, 0) is 31.2 Å². The third-order valence-corrected chi connectivity index (χ3v) is 4.34. The Morgan fingerprint density at radius 1 is 1.19 bits per heavy atom. The standard InChI is InChI=1S/C19H16N4O4/c1-10-17(24)21-14-9-11(7-8-15(14)27-10)20-18(25)16-12-5-3-4-6-13(12)19(26)23(2)22-16/h3-10H,1-2H3,(H,20,25)(H,21,24). The zero-order valence-electron chi connectivity index (χ0n) is 14.6. The van der Waals surface area contributed by atoms with Crippen LogP contribution in [-0.2, 0) is 11.8 Å². The number of nitrogens with one attached hydrogen (secondary N) is 2. The summed E-state index contributed by atoms with van der Waals surface area (Å²) in [6, 6.07) is 11.8. The number of hydrogen-bond acceptors (Lipinski definition) is 5. The zero-order chi connectivity index (χ0) is 19.1. The van der Waals surface area contributed by atoms with E-state index in [1.807, 2.05) is 0 Å². The third kappa shape index (κ3) is 2.91. The quantitative estimate of drug-likeness (QED) is 0.723. The molecule has 2 amide bonds. The topological polar surface area (TPSA) is 102 Å². The lowest BCUT2D eigenvalue weighted by atomic mass is 10.1. The van der Waals surface area contributed by atoms with E-state index in [0.717, 1.165) is 4.68 Å². The minimum Gasteiger partial charge on any atom is -0.479 e. The highest BCUT2D eigenvalue weighted by Crippen LogP contribution is 2.32. The van der Waals surface area contributed by atoms with Crippen LogP contribution in [0.25, 0.3) is 10.8 Å². The average molecular weight is 364 g/mol. The van der Waals surface area contributed by atoms with Crippen LogP contribution in [0, 0.1) is 0 Å². The van der Waals surface area contributed by atoms with Crippen molar-refractivity contribution < 1.29 is 14.3 Å². The molecule has 2 aromatic carbocycles. The van der Waals surface area contributed by atoms with E-state index < -0.39 is 12.0 Å². The molecule has 3 aromatic rings. The van der Waals surface area contributed by atoms with Gasteiger partial charge in [0.1, 0.15) is 5.75 Å². The van der Waals surface area contributed by atoms with Crippen molar-refractivity contribution in [1.82, 2.24) is 9.78 Å². The van der Waals surface area contributed by atoms with E-state index in [1.54, 1.807) is 49.4 Å². The number of rotatable bonds is 2. The summed E-state index contributed by atoms with van der Waals surface area (Å²) < 4.78 is 6.64. The van der Waals surface area contributed by atoms with Crippen LogP contribution in [0.3, 0.4) is 0 Å². The Kier molecular flexibility index (Phi) is 3.88. The Morgan fingerprint density at radius 2 is 1.93 bits per heavy atom. The minimum absolute atomic E-state index is 0.138. The van der Waals surface area contributed by atoms with Crippen molar-refractivity contribution in [3.63, 3.8) is 0 Å². The molecule has 0 saturated heterocycles. The fourth-order valence-electron chi connectivity index (χ4n) is 2.94. The Bertz CT molecular complexity index is 1150. The first-order chi connectivity index (χ1) is 12.9. The number of aryl methyl sites for hydroxylation is 1. The summed E-state index contributed by atoms with van der Waals surface area (Å²) in [6.07, 6.45) is -0.570. The molecule has 8 heteroatoms. The molecular weight excluding hydrogens is 348 g/mol. The fraction of sp³-hybridized carbons (Fsp3) is 0.158. The van der Waals surface area contributed by atoms with Crippen LogP contribution in [0.5, 0.6) is 5.75 Å². The molecule has 2 N–H and O–H groups in total. The first-order valence-electron chi connectivity index (χ1n) is 8.33. The largest absolute Gasteiger partial charge is 0.479 e. The smallest absolute Gasteiger partial charge is 0.276 e. The summed E-state index contributed by atoms with van der Waals surface area (Å²) in [4.78, 5) is 36.7. The Hall–Kier alpha value is -3.68. The molecule has 0 fully saturated rings. The van der Waals surface area contributed by atoms with E-state index in [9.17, 15) is 14.4 Å². The molecule has 1 aliphatic heterocycles. The van der Waals surface area contributed by atoms with Gasteiger partial charge in [0.2, 0.25) is 0 Å². The maximum absolute atomic E-state index is 12.8. The van der Waals surface area contributed by atoms with Crippen molar-refractivity contribution in [2.75, 3.05) is 10.6 Å². The summed E-state index contributed by atoms with van der Waals surface area (Å²) in [5.41, 5.74) is 0.815. The average Bonchev–Trinajstić information content (AvgIpc) is 2.66. The molecule has 27 heavy (non-hydrogen) atoms. The van der Waals surface area contributed by atoms with Gasteiger partial charge < -0.3 is 15.4 Å². The van der Waals surface area contributed by atoms with Crippen molar-refractivity contribution in [2.45, 2.75) is 13.0 Å². The second kappa shape index (κ2) is 6.24. The number of ether oxygens (including phenoxy) is 1. The van der Waals surface area contributed by atoms with Crippen LogP contribution in [0.4, 0.5) is 11.4 Å².